The lowest BCUT2D eigenvalue weighted by atomic mass is 10.2. The van der Waals surface area contributed by atoms with Crippen molar-refractivity contribution in [1.82, 2.24) is 21.0 Å². The molecule has 6 heteroatoms. The number of fused-ring (bicyclic) bond motifs is 1. The molecule has 0 unspecified atom stereocenters. The summed E-state index contributed by atoms with van der Waals surface area (Å²) in [5.74, 6) is 0.761. The van der Waals surface area contributed by atoms with Crippen LogP contribution < -0.4 is 10.9 Å². The summed E-state index contributed by atoms with van der Waals surface area (Å²) in [6.45, 7) is 0. The van der Waals surface area contributed by atoms with Crippen molar-refractivity contribution in [3.63, 3.8) is 0 Å². The van der Waals surface area contributed by atoms with E-state index in [1.807, 2.05) is 30.3 Å². The molecular weight excluding hydrogens is 218 g/mol. The summed E-state index contributed by atoms with van der Waals surface area (Å²) in [6, 6.07) is 9.53. The summed E-state index contributed by atoms with van der Waals surface area (Å²) in [5.41, 5.74) is 6.64. The number of benzene rings is 1. The predicted molar refractivity (Wildman–Crippen MR) is 61.8 cm³/mol. The number of aromatic amines is 1. The molecule has 84 valence electrons. The number of carbonyl (C=O) groups is 1. The summed E-state index contributed by atoms with van der Waals surface area (Å²) in [7, 11) is 0. The standard InChI is InChI=1S/C11H9N5O/c17-11-8-6-12-14-10(8)13-9(15-16-11)7-4-2-1-3-5-7/h1-6H,(H,16,17)(H2,12,13,14,15). The highest BCUT2D eigenvalue weighted by Gasteiger charge is 2.18. The lowest BCUT2D eigenvalue weighted by molar-refractivity contribution is 0.0946. The zero-order chi connectivity index (χ0) is 11.7. The number of rotatable bonds is 1. The van der Waals surface area contributed by atoms with E-state index in [-0.39, 0.29) is 5.91 Å². The van der Waals surface area contributed by atoms with Crippen LogP contribution in [0.15, 0.2) is 41.5 Å². The number of H-pyrrole nitrogens is 1. The molecule has 0 saturated carbocycles. The fraction of sp³-hybridized carbons (Fsp3) is 0. The van der Waals surface area contributed by atoms with Gasteiger partial charge in [0.05, 0.1) is 6.20 Å². The quantitative estimate of drug-likeness (QED) is 0.671. The van der Waals surface area contributed by atoms with Crippen molar-refractivity contribution < 1.29 is 4.79 Å². The van der Waals surface area contributed by atoms with Crippen LogP contribution in [-0.2, 0) is 0 Å². The Hall–Kier alpha value is -2.63. The third-order valence-electron chi connectivity index (χ3n) is 2.43. The number of amides is 1. The maximum atomic E-state index is 11.6. The second kappa shape index (κ2) is 3.75. The lowest BCUT2D eigenvalue weighted by Gasteiger charge is -2.07. The molecule has 1 aromatic heterocycles. The van der Waals surface area contributed by atoms with Gasteiger partial charge in [-0.15, -0.1) is 0 Å². The molecule has 1 aromatic carbocycles. The molecule has 0 bridgehead atoms. The van der Waals surface area contributed by atoms with Gasteiger partial charge < -0.3 is 0 Å². The van der Waals surface area contributed by atoms with Crippen LogP contribution in [0.4, 0.5) is 5.82 Å². The first-order valence-electron chi connectivity index (χ1n) is 5.08. The Bertz CT molecular complexity index is 587. The monoisotopic (exact) mass is 227 g/mol. The minimum Gasteiger partial charge on any atom is -0.281 e. The van der Waals surface area contributed by atoms with Crippen molar-refractivity contribution in [3.8, 4) is 0 Å². The normalized spacial score (nSPS) is 14.1. The highest BCUT2D eigenvalue weighted by atomic mass is 16.2. The Labute approximate surface area is 96.7 Å². The summed E-state index contributed by atoms with van der Waals surface area (Å²) < 4.78 is 0. The molecule has 2 aromatic rings. The van der Waals surface area contributed by atoms with Gasteiger partial charge in [0.25, 0.3) is 5.91 Å². The molecule has 1 aliphatic heterocycles. The maximum absolute atomic E-state index is 11.6. The van der Waals surface area contributed by atoms with Crippen LogP contribution in [0.25, 0.3) is 0 Å². The highest BCUT2D eigenvalue weighted by Crippen LogP contribution is 2.17. The third kappa shape index (κ3) is 1.65. The SMILES string of the molecule is O=C1NNC(c2ccccc2)=Nc2[nH]ncc21. The van der Waals surface area contributed by atoms with E-state index in [1.54, 1.807) is 0 Å². The van der Waals surface area contributed by atoms with Crippen LogP contribution in [0.5, 0.6) is 0 Å². The fourth-order valence-corrected chi connectivity index (χ4v) is 1.59. The molecule has 17 heavy (non-hydrogen) atoms. The Morgan fingerprint density at radius 2 is 1.88 bits per heavy atom. The van der Waals surface area contributed by atoms with Gasteiger partial charge in [0.2, 0.25) is 0 Å². The molecule has 0 spiro atoms. The number of amidine groups is 1. The molecule has 3 N–H and O–H groups in total. The number of hydrazine groups is 1. The minimum absolute atomic E-state index is 0.261. The van der Waals surface area contributed by atoms with Gasteiger partial charge >= 0.3 is 0 Å². The predicted octanol–water partition coefficient (Wildman–Crippen LogP) is 0.736. The second-order valence-electron chi connectivity index (χ2n) is 3.54. The molecular formula is C11H9N5O. The Morgan fingerprint density at radius 1 is 1.06 bits per heavy atom. The van der Waals surface area contributed by atoms with Crippen molar-refractivity contribution >= 4 is 17.6 Å². The first-order valence-corrected chi connectivity index (χ1v) is 5.08. The summed E-state index contributed by atoms with van der Waals surface area (Å²) in [5, 5.41) is 6.49. The van der Waals surface area contributed by atoms with Crippen LogP contribution in [0.3, 0.4) is 0 Å². The van der Waals surface area contributed by atoms with Gasteiger partial charge in [-0.3, -0.25) is 20.7 Å². The zero-order valence-electron chi connectivity index (χ0n) is 8.77. The minimum atomic E-state index is -0.261. The number of carbonyl (C=O) groups excluding carboxylic acids is 1. The number of hydrogen-bond donors (Lipinski definition) is 3. The molecule has 0 fully saturated rings. The van der Waals surface area contributed by atoms with E-state index < -0.39 is 0 Å². The Kier molecular flexibility index (Phi) is 2.11. The average Bonchev–Trinajstić information content (AvgIpc) is 2.77. The van der Waals surface area contributed by atoms with Crippen molar-refractivity contribution in [2.75, 3.05) is 0 Å². The largest absolute Gasteiger partial charge is 0.281 e. The fourth-order valence-electron chi connectivity index (χ4n) is 1.59. The van der Waals surface area contributed by atoms with Gasteiger partial charge in [0.15, 0.2) is 11.7 Å². The van der Waals surface area contributed by atoms with Crippen LogP contribution in [0.1, 0.15) is 15.9 Å². The molecule has 1 aliphatic rings. The van der Waals surface area contributed by atoms with E-state index in [0.29, 0.717) is 17.2 Å². The first-order chi connectivity index (χ1) is 8.34. The van der Waals surface area contributed by atoms with Gasteiger partial charge in [-0.1, -0.05) is 30.3 Å². The molecule has 1 amide bonds. The summed E-state index contributed by atoms with van der Waals surface area (Å²) in [6.07, 6.45) is 1.45. The van der Waals surface area contributed by atoms with Crippen molar-refractivity contribution in [3.05, 3.63) is 47.7 Å². The number of aliphatic imine (C=N–C) groups is 1. The van der Waals surface area contributed by atoms with Gasteiger partial charge in [-0.05, 0) is 0 Å². The van der Waals surface area contributed by atoms with E-state index in [0.717, 1.165) is 5.56 Å². The molecule has 2 heterocycles. The second-order valence-corrected chi connectivity index (χ2v) is 3.54. The number of hydrogen-bond acceptors (Lipinski definition) is 4. The highest BCUT2D eigenvalue weighted by molar-refractivity contribution is 6.07. The van der Waals surface area contributed by atoms with E-state index in [4.69, 9.17) is 0 Å². The smallest absolute Gasteiger partial charge is 0.275 e. The van der Waals surface area contributed by atoms with E-state index >= 15 is 0 Å². The third-order valence-corrected chi connectivity index (χ3v) is 2.43. The van der Waals surface area contributed by atoms with Crippen LogP contribution in [-0.4, -0.2) is 21.9 Å². The Balaban J connectivity index is 2.07. The number of nitrogens with zero attached hydrogens (tertiary/aromatic N) is 2. The van der Waals surface area contributed by atoms with Gasteiger partial charge in [0.1, 0.15) is 5.56 Å². The number of nitrogens with one attached hydrogen (secondary N) is 3. The van der Waals surface area contributed by atoms with Crippen LogP contribution >= 0.6 is 0 Å². The van der Waals surface area contributed by atoms with Gasteiger partial charge in [-0.25, -0.2) is 4.99 Å². The molecule has 6 nitrogen and oxygen atoms in total. The first kappa shape index (κ1) is 9.59. The zero-order valence-corrected chi connectivity index (χ0v) is 8.77. The maximum Gasteiger partial charge on any atom is 0.275 e. The molecule has 0 atom stereocenters. The van der Waals surface area contributed by atoms with E-state index in [9.17, 15) is 4.79 Å². The van der Waals surface area contributed by atoms with Gasteiger partial charge in [0, 0.05) is 5.56 Å². The van der Waals surface area contributed by atoms with Crippen LogP contribution in [0.2, 0.25) is 0 Å². The average molecular weight is 227 g/mol. The van der Waals surface area contributed by atoms with Crippen molar-refractivity contribution in [2.45, 2.75) is 0 Å². The summed E-state index contributed by atoms with van der Waals surface area (Å²) in [4.78, 5) is 16.0. The van der Waals surface area contributed by atoms with Crippen LogP contribution in [0, 0.1) is 0 Å². The molecule has 0 saturated heterocycles. The van der Waals surface area contributed by atoms with E-state index in [1.165, 1.54) is 6.20 Å². The topological polar surface area (TPSA) is 82.2 Å². The number of aromatic nitrogens is 2. The molecule has 3 rings (SSSR count). The lowest BCUT2D eigenvalue weighted by Crippen LogP contribution is -2.40. The van der Waals surface area contributed by atoms with E-state index in [2.05, 4.69) is 26.0 Å². The van der Waals surface area contributed by atoms with Crippen molar-refractivity contribution in [1.29, 1.82) is 0 Å². The Morgan fingerprint density at radius 3 is 2.71 bits per heavy atom. The molecule has 0 radical (unpaired) electrons. The van der Waals surface area contributed by atoms with Gasteiger partial charge in [-0.2, -0.15) is 5.10 Å². The molecule has 0 aliphatic carbocycles. The summed E-state index contributed by atoms with van der Waals surface area (Å²) >= 11 is 0. The van der Waals surface area contributed by atoms with Crippen molar-refractivity contribution in [2.24, 2.45) is 4.99 Å².